The maximum atomic E-state index is 12.4. The van der Waals surface area contributed by atoms with Crippen LogP contribution in [-0.4, -0.2) is 66.4 Å². The van der Waals surface area contributed by atoms with Crippen LogP contribution in [-0.2, 0) is 19.1 Å². The summed E-state index contributed by atoms with van der Waals surface area (Å²) < 4.78 is 10.7. The van der Waals surface area contributed by atoms with Gasteiger partial charge in [-0.3, -0.25) is 4.79 Å². The zero-order valence-corrected chi connectivity index (χ0v) is 18.5. The zero-order chi connectivity index (χ0) is 23.4. The third kappa shape index (κ3) is 5.34. The van der Waals surface area contributed by atoms with E-state index in [1.54, 1.807) is 4.90 Å². The summed E-state index contributed by atoms with van der Waals surface area (Å²) in [6.07, 6.45) is 0.0562. The average Bonchev–Trinajstić information content (AvgIpc) is 3.09. The molecule has 1 saturated heterocycles. The van der Waals surface area contributed by atoms with E-state index in [9.17, 15) is 14.4 Å². The van der Waals surface area contributed by atoms with Gasteiger partial charge in [-0.2, -0.15) is 0 Å². The molecule has 1 heterocycles. The van der Waals surface area contributed by atoms with Crippen molar-refractivity contribution in [3.8, 4) is 11.1 Å². The highest BCUT2D eigenvalue weighted by atomic mass is 16.5. The molecular weight excluding hydrogens is 424 g/mol. The fourth-order valence-corrected chi connectivity index (χ4v) is 4.35. The van der Waals surface area contributed by atoms with Crippen LogP contribution in [0.15, 0.2) is 48.5 Å². The highest BCUT2D eigenvalue weighted by Gasteiger charge is 2.32. The van der Waals surface area contributed by atoms with Gasteiger partial charge in [-0.15, -0.1) is 0 Å². The third-order valence-electron chi connectivity index (χ3n) is 6.14. The van der Waals surface area contributed by atoms with Crippen molar-refractivity contribution in [3.63, 3.8) is 0 Å². The summed E-state index contributed by atoms with van der Waals surface area (Å²) in [4.78, 5) is 36.7. The minimum Gasteiger partial charge on any atom is -0.480 e. The lowest BCUT2D eigenvalue weighted by Crippen LogP contribution is -2.55. The number of nitrogens with zero attached hydrogens (tertiary/aromatic N) is 1. The van der Waals surface area contributed by atoms with Crippen molar-refractivity contribution in [1.29, 1.82) is 0 Å². The lowest BCUT2D eigenvalue weighted by atomic mass is 9.98. The fraction of sp³-hybridized carbons (Fsp3) is 0.400. The molecule has 8 heteroatoms. The van der Waals surface area contributed by atoms with Crippen LogP contribution in [0.25, 0.3) is 11.1 Å². The van der Waals surface area contributed by atoms with Crippen molar-refractivity contribution in [1.82, 2.24) is 10.2 Å². The molecule has 2 aromatic carbocycles. The molecular formula is C25H28N2O6. The standard InChI is InChI=1S/C25H28N2O6/c1-16(10-11-23(28)27-12-17(13-27)32-15-24(29)30)26-25(31)33-14-22-20-8-4-2-6-18(20)19-7-3-5-9-21(19)22/h2-9,16-17,22H,10-15H2,1H3,(H,26,31)(H,29,30). The number of carbonyl (C=O) groups is 3. The molecule has 2 aliphatic rings. The number of amides is 2. The molecule has 0 spiro atoms. The van der Waals surface area contributed by atoms with Crippen LogP contribution in [0.4, 0.5) is 4.79 Å². The Bertz CT molecular complexity index is 988. The molecule has 1 aliphatic heterocycles. The van der Waals surface area contributed by atoms with Gasteiger partial charge < -0.3 is 24.8 Å². The highest BCUT2D eigenvalue weighted by molar-refractivity contribution is 5.79. The second kappa shape index (κ2) is 10.0. The number of likely N-dealkylation sites (tertiary alicyclic amines) is 1. The van der Waals surface area contributed by atoms with Crippen LogP contribution in [0.5, 0.6) is 0 Å². The third-order valence-corrected chi connectivity index (χ3v) is 6.14. The van der Waals surface area contributed by atoms with E-state index in [4.69, 9.17) is 14.6 Å². The molecule has 1 fully saturated rings. The molecule has 2 aromatic rings. The zero-order valence-electron chi connectivity index (χ0n) is 18.5. The molecule has 0 aromatic heterocycles. The number of rotatable bonds is 9. The summed E-state index contributed by atoms with van der Waals surface area (Å²) in [6, 6.07) is 16.1. The molecule has 1 atom stereocenters. The second-order valence-electron chi connectivity index (χ2n) is 8.54. The first kappa shape index (κ1) is 22.8. The molecule has 8 nitrogen and oxygen atoms in total. The molecule has 0 radical (unpaired) electrons. The average molecular weight is 453 g/mol. The Hall–Kier alpha value is -3.39. The van der Waals surface area contributed by atoms with Crippen LogP contribution in [0, 0.1) is 0 Å². The van der Waals surface area contributed by atoms with E-state index >= 15 is 0 Å². The topological polar surface area (TPSA) is 105 Å². The van der Waals surface area contributed by atoms with Gasteiger partial charge in [0.2, 0.25) is 5.91 Å². The molecule has 2 amide bonds. The molecule has 1 unspecified atom stereocenters. The van der Waals surface area contributed by atoms with Crippen LogP contribution in [0.1, 0.15) is 36.8 Å². The van der Waals surface area contributed by atoms with Gasteiger partial charge in [0, 0.05) is 31.5 Å². The van der Waals surface area contributed by atoms with Crippen LogP contribution >= 0.6 is 0 Å². The smallest absolute Gasteiger partial charge is 0.407 e. The van der Waals surface area contributed by atoms with Crippen LogP contribution in [0.2, 0.25) is 0 Å². The molecule has 1 aliphatic carbocycles. The van der Waals surface area contributed by atoms with Crippen molar-refractivity contribution < 1.29 is 29.0 Å². The van der Waals surface area contributed by atoms with Crippen molar-refractivity contribution in [3.05, 3.63) is 59.7 Å². The van der Waals surface area contributed by atoms with Gasteiger partial charge >= 0.3 is 12.1 Å². The SMILES string of the molecule is CC(CCC(=O)N1CC(OCC(=O)O)C1)NC(=O)OCC1c2ccccc2-c2ccccc21. The predicted octanol–water partition coefficient (Wildman–Crippen LogP) is 3.01. The first-order valence-corrected chi connectivity index (χ1v) is 11.1. The summed E-state index contributed by atoms with van der Waals surface area (Å²) in [5.74, 6) is -1.05. The summed E-state index contributed by atoms with van der Waals surface area (Å²) in [7, 11) is 0. The van der Waals surface area contributed by atoms with Crippen molar-refractivity contribution in [2.45, 2.75) is 37.8 Å². The van der Waals surface area contributed by atoms with Gasteiger partial charge in [0.1, 0.15) is 13.2 Å². The van der Waals surface area contributed by atoms with Crippen LogP contribution in [0.3, 0.4) is 0 Å². The number of hydrogen-bond donors (Lipinski definition) is 2. The van der Waals surface area contributed by atoms with E-state index in [0.29, 0.717) is 19.5 Å². The Morgan fingerprint density at radius 1 is 1.06 bits per heavy atom. The number of carboxylic acids is 1. The summed E-state index contributed by atoms with van der Waals surface area (Å²) in [5, 5.41) is 11.4. The van der Waals surface area contributed by atoms with Gasteiger partial charge in [-0.25, -0.2) is 9.59 Å². The lowest BCUT2D eigenvalue weighted by Gasteiger charge is -2.38. The molecule has 2 N–H and O–H groups in total. The number of ether oxygens (including phenoxy) is 2. The number of hydrogen-bond acceptors (Lipinski definition) is 5. The van der Waals surface area contributed by atoms with Gasteiger partial charge in [0.15, 0.2) is 0 Å². The number of fused-ring (bicyclic) bond motifs is 3. The van der Waals surface area contributed by atoms with Crippen molar-refractivity contribution in [2.75, 3.05) is 26.3 Å². The van der Waals surface area contributed by atoms with Crippen molar-refractivity contribution >= 4 is 18.0 Å². The maximum Gasteiger partial charge on any atom is 0.407 e. The number of carboxylic acid groups (broad SMARTS) is 1. The van der Waals surface area contributed by atoms with E-state index in [-0.39, 0.29) is 43.6 Å². The van der Waals surface area contributed by atoms with E-state index in [1.807, 2.05) is 31.2 Å². The maximum absolute atomic E-state index is 12.4. The monoisotopic (exact) mass is 452 g/mol. The molecule has 0 bridgehead atoms. The van der Waals surface area contributed by atoms with E-state index in [1.165, 1.54) is 11.1 Å². The van der Waals surface area contributed by atoms with E-state index < -0.39 is 12.1 Å². The van der Waals surface area contributed by atoms with Gasteiger partial charge in [-0.1, -0.05) is 48.5 Å². The largest absolute Gasteiger partial charge is 0.480 e. The minimum absolute atomic E-state index is 0.00254. The van der Waals surface area contributed by atoms with E-state index in [2.05, 4.69) is 29.6 Å². The molecule has 4 rings (SSSR count). The van der Waals surface area contributed by atoms with Crippen LogP contribution < -0.4 is 5.32 Å². The quantitative estimate of drug-likeness (QED) is 0.606. The minimum atomic E-state index is -1.02. The number of benzene rings is 2. The molecule has 33 heavy (non-hydrogen) atoms. The first-order chi connectivity index (χ1) is 15.9. The van der Waals surface area contributed by atoms with Crippen molar-refractivity contribution in [2.24, 2.45) is 0 Å². The Morgan fingerprint density at radius 2 is 1.67 bits per heavy atom. The summed E-state index contributed by atoms with van der Waals surface area (Å²) >= 11 is 0. The summed E-state index contributed by atoms with van der Waals surface area (Å²) in [5.41, 5.74) is 4.67. The predicted molar refractivity (Wildman–Crippen MR) is 121 cm³/mol. The lowest BCUT2D eigenvalue weighted by molar-refractivity contribution is -0.154. The first-order valence-electron chi connectivity index (χ1n) is 11.1. The molecule has 0 saturated carbocycles. The normalized spacial score (nSPS) is 15.8. The Balaban J connectivity index is 1.19. The number of carbonyl (C=O) groups excluding carboxylic acids is 2. The number of aliphatic carboxylic acids is 1. The Morgan fingerprint density at radius 3 is 2.27 bits per heavy atom. The summed E-state index contributed by atoms with van der Waals surface area (Å²) in [6.45, 7) is 2.54. The van der Waals surface area contributed by atoms with Gasteiger partial charge in [0.25, 0.3) is 0 Å². The Labute approximate surface area is 192 Å². The number of nitrogens with one attached hydrogen (secondary N) is 1. The van der Waals surface area contributed by atoms with Gasteiger partial charge in [-0.05, 0) is 35.6 Å². The van der Waals surface area contributed by atoms with Gasteiger partial charge in [0.05, 0.1) is 6.10 Å². The van der Waals surface area contributed by atoms with E-state index in [0.717, 1.165) is 11.1 Å². The second-order valence-corrected chi connectivity index (χ2v) is 8.54. The molecule has 174 valence electrons. The highest BCUT2D eigenvalue weighted by Crippen LogP contribution is 2.44. The Kier molecular flexibility index (Phi) is 6.93. The number of alkyl carbamates (subject to hydrolysis) is 1. The fourth-order valence-electron chi connectivity index (χ4n) is 4.35.